The zero-order valence-electron chi connectivity index (χ0n) is 18.7. The second-order valence-corrected chi connectivity index (χ2v) is 9.68. The van der Waals surface area contributed by atoms with Crippen LogP contribution in [0.1, 0.15) is 25.1 Å². The smallest absolute Gasteiger partial charge is 0.240 e. The van der Waals surface area contributed by atoms with Crippen molar-refractivity contribution in [3.05, 3.63) is 66.5 Å². The van der Waals surface area contributed by atoms with E-state index in [-0.39, 0.29) is 11.4 Å². The number of aromatic nitrogens is 2. The van der Waals surface area contributed by atoms with Crippen LogP contribution in [0, 0.1) is 6.92 Å². The van der Waals surface area contributed by atoms with Gasteiger partial charge in [-0.05, 0) is 62.6 Å². The van der Waals surface area contributed by atoms with E-state index in [9.17, 15) is 8.42 Å². The van der Waals surface area contributed by atoms with Crippen LogP contribution in [-0.2, 0) is 10.0 Å². The number of ether oxygens (including phenoxy) is 1. The summed E-state index contributed by atoms with van der Waals surface area (Å²) in [6.07, 6.45) is 3.61. The lowest BCUT2D eigenvalue weighted by molar-refractivity contribution is 0.482. The maximum Gasteiger partial charge on any atom is 0.240 e. The largest absolute Gasteiger partial charge is 0.457 e. The first-order valence-corrected chi connectivity index (χ1v) is 12.6. The van der Waals surface area contributed by atoms with Gasteiger partial charge in [0.15, 0.2) is 0 Å². The van der Waals surface area contributed by atoms with E-state index in [1.54, 1.807) is 12.1 Å². The molecule has 4 rings (SSSR count). The molecule has 0 unspecified atom stereocenters. The SMILES string of the molecule is Cc1nc(NCCNS(=O)(=O)c2ccc(Oc3ccccc3)cc2)cc(N2CCCCC2)n1. The minimum absolute atomic E-state index is 0.188. The molecule has 0 bridgehead atoms. The van der Waals surface area contributed by atoms with Gasteiger partial charge in [0.1, 0.15) is 29.0 Å². The summed E-state index contributed by atoms with van der Waals surface area (Å²) in [4.78, 5) is 11.4. The number of hydrogen-bond donors (Lipinski definition) is 2. The van der Waals surface area contributed by atoms with Crippen molar-refractivity contribution in [2.45, 2.75) is 31.1 Å². The fraction of sp³-hybridized carbons (Fsp3) is 0.333. The van der Waals surface area contributed by atoms with Gasteiger partial charge in [-0.15, -0.1) is 0 Å². The van der Waals surface area contributed by atoms with Gasteiger partial charge in [-0.1, -0.05) is 18.2 Å². The number of hydrogen-bond acceptors (Lipinski definition) is 7. The highest BCUT2D eigenvalue weighted by molar-refractivity contribution is 7.89. The first kappa shape index (κ1) is 23.0. The molecule has 1 fully saturated rings. The van der Waals surface area contributed by atoms with Crippen molar-refractivity contribution in [3.63, 3.8) is 0 Å². The van der Waals surface area contributed by atoms with Crippen molar-refractivity contribution in [1.82, 2.24) is 14.7 Å². The normalized spacial score (nSPS) is 14.2. The molecule has 1 aromatic heterocycles. The highest BCUT2D eigenvalue weighted by Gasteiger charge is 2.15. The van der Waals surface area contributed by atoms with E-state index < -0.39 is 10.0 Å². The zero-order valence-corrected chi connectivity index (χ0v) is 19.5. The summed E-state index contributed by atoms with van der Waals surface area (Å²) in [6.45, 7) is 4.51. The van der Waals surface area contributed by atoms with Crippen LogP contribution in [0.5, 0.6) is 11.5 Å². The van der Waals surface area contributed by atoms with Crippen molar-refractivity contribution >= 4 is 21.7 Å². The van der Waals surface area contributed by atoms with Crippen LogP contribution >= 0.6 is 0 Å². The first-order valence-electron chi connectivity index (χ1n) is 11.2. The van der Waals surface area contributed by atoms with Crippen molar-refractivity contribution < 1.29 is 13.2 Å². The Labute approximate surface area is 195 Å². The van der Waals surface area contributed by atoms with Gasteiger partial charge in [0.25, 0.3) is 0 Å². The zero-order chi connectivity index (χ0) is 23.1. The molecular formula is C24H29N5O3S. The Hall–Kier alpha value is -3.17. The predicted octanol–water partition coefficient (Wildman–Crippen LogP) is 3.96. The highest BCUT2D eigenvalue weighted by Crippen LogP contribution is 2.23. The van der Waals surface area contributed by atoms with Crippen LogP contribution in [0.3, 0.4) is 0 Å². The quantitative estimate of drug-likeness (QED) is 0.460. The second kappa shape index (κ2) is 10.6. The molecule has 0 amide bonds. The summed E-state index contributed by atoms with van der Waals surface area (Å²) in [6, 6.07) is 17.6. The van der Waals surface area contributed by atoms with Gasteiger partial charge in [0.2, 0.25) is 10.0 Å². The highest BCUT2D eigenvalue weighted by atomic mass is 32.2. The lowest BCUT2D eigenvalue weighted by atomic mass is 10.1. The molecule has 0 radical (unpaired) electrons. The summed E-state index contributed by atoms with van der Waals surface area (Å²) in [5.41, 5.74) is 0. The van der Waals surface area contributed by atoms with E-state index in [0.29, 0.717) is 29.7 Å². The Bertz CT molecular complexity index is 1150. The number of nitrogens with one attached hydrogen (secondary N) is 2. The summed E-state index contributed by atoms with van der Waals surface area (Å²) < 4.78 is 33.6. The van der Waals surface area contributed by atoms with Crippen molar-refractivity contribution in [1.29, 1.82) is 0 Å². The third kappa shape index (κ3) is 6.43. The van der Waals surface area contributed by atoms with Crippen LogP contribution in [-0.4, -0.2) is 44.6 Å². The molecule has 8 nitrogen and oxygen atoms in total. The van der Waals surface area contributed by atoms with Gasteiger partial charge in [-0.3, -0.25) is 0 Å². The van der Waals surface area contributed by atoms with Crippen LogP contribution in [0.15, 0.2) is 65.6 Å². The average Bonchev–Trinajstić information content (AvgIpc) is 2.83. The monoisotopic (exact) mass is 467 g/mol. The Balaban J connectivity index is 1.29. The fourth-order valence-electron chi connectivity index (χ4n) is 3.70. The van der Waals surface area contributed by atoms with Crippen LogP contribution in [0.2, 0.25) is 0 Å². The lowest BCUT2D eigenvalue weighted by Gasteiger charge is -2.28. The van der Waals surface area contributed by atoms with Crippen molar-refractivity contribution in [2.24, 2.45) is 0 Å². The third-order valence-corrected chi connectivity index (χ3v) is 6.82. The van der Waals surface area contributed by atoms with E-state index in [4.69, 9.17) is 4.74 Å². The molecule has 3 aromatic rings. The van der Waals surface area contributed by atoms with E-state index in [2.05, 4.69) is 24.9 Å². The summed E-state index contributed by atoms with van der Waals surface area (Å²) in [5, 5.41) is 3.20. The Morgan fingerprint density at radius 2 is 1.61 bits per heavy atom. The third-order valence-electron chi connectivity index (χ3n) is 5.34. The van der Waals surface area contributed by atoms with Crippen LogP contribution in [0.25, 0.3) is 0 Å². The Morgan fingerprint density at radius 3 is 2.33 bits per heavy atom. The van der Waals surface area contributed by atoms with Gasteiger partial charge in [0, 0.05) is 32.2 Å². The molecule has 2 N–H and O–H groups in total. The van der Waals surface area contributed by atoms with E-state index >= 15 is 0 Å². The number of anilines is 2. The molecule has 2 aromatic carbocycles. The number of benzene rings is 2. The van der Waals surface area contributed by atoms with Gasteiger partial charge in [-0.25, -0.2) is 23.1 Å². The maximum atomic E-state index is 12.6. The topological polar surface area (TPSA) is 96.5 Å². The number of nitrogens with zero attached hydrogens (tertiary/aromatic N) is 3. The van der Waals surface area contributed by atoms with E-state index in [1.165, 1.54) is 31.4 Å². The summed E-state index contributed by atoms with van der Waals surface area (Å²) in [7, 11) is -3.62. The Kier molecular flexibility index (Phi) is 7.41. The molecule has 2 heterocycles. The minimum atomic E-state index is -3.62. The van der Waals surface area contributed by atoms with Gasteiger partial charge in [0.05, 0.1) is 4.90 Å². The number of rotatable bonds is 9. The Morgan fingerprint density at radius 1 is 0.909 bits per heavy atom. The summed E-state index contributed by atoms with van der Waals surface area (Å²) in [5.74, 6) is 3.58. The van der Waals surface area contributed by atoms with Gasteiger partial charge in [-0.2, -0.15) is 0 Å². The molecule has 0 spiro atoms. The van der Waals surface area contributed by atoms with Crippen molar-refractivity contribution in [3.8, 4) is 11.5 Å². The standard InChI is InChI=1S/C24H29N5O3S/c1-19-27-23(18-24(28-19)29-16-6-3-7-17-29)25-14-15-26-33(30,31)22-12-10-21(11-13-22)32-20-8-4-2-5-9-20/h2,4-5,8-13,18,26H,3,6-7,14-17H2,1H3,(H,25,27,28). The number of aryl methyl sites for hydroxylation is 1. The molecule has 0 aliphatic carbocycles. The first-order chi connectivity index (χ1) is 16.0. The average molecular weight is 468 g/mol. The fourth-order valence-corrected chi connectivity index (χ4v) is 4.73. The predicted molar refractivity (Wildman–Crippen MR) is 129 cm³/mol. The summed E-state index contributed by atoms with van der Waals surface area (Å²) >= 11 is 0. The van der Waals surface area contributed by atoms with Crippen LogP contribution < -0.4 is 19.7 Å². The van der Waals surface area contributed by atoms with Crippen molar-refractivity contribution in [2.75, 3.05) is 36.4 Å². The number of sulfonamides is 1. The second-order valence-electron chi connectivity index (χ2n) is 7.92. The molecular weight excluding hydrogens is 438 g/mol. The van der Waals surface area contributed by atoms with Gasteiger partial charge >= 0.3 is 0 Å². The lowest BCUT2D eigenvalue weighted by Crippen LogP contribution is -2.31. The molecule has 33 heavy (non-hydrogen) atoms. The molecule has 174 valence electrons. The van der Waals surface area contributed by atoms with E-state index in [0.717, 1.165) is 18.9 Å². The van der Waals surface area contributed by atoms with Crippen LogP contribution in [0.4, 0.5) is 11.6 Å². The maximum absolute atomic E-state index is 12.6. The number of para-hydroxylation sites is 1. The molecule has 1 aliphatic rings. The van der Waals surface area contributed by atoms with E-state index in [1.807, 2.05) is 43.3 Å². The number of piperidine rings is 1. The molecule has 9 heteroatoms. The molecule has 0 saturated carbocycles. The molecule has 1 aliphatic heterocycles. The van der Waals surface area contributed by atoms with Gasteiger partial charge < -0.3 is 15.0 Å². The molecule has 0 atom stereocenters. The molecule has 1 saturated heterocycles. The minimum Gasteiger partial charge on any atom is -0.457 e.